The van der Waals surface area contributed by atoms with Gasteiger partial charge >= 0.3 is 0 Å². The van der Waals surface area contributed by atoms with Crippen molar-refractivity contribution in [2.45, 2.75) is 44.5 Å². The molecule has 0 aliphatic carbocycles. The van der Waals surface area contributed by atoms with Gasteiger partial charge in [-0.1, -0.05) is 30.3 Å². The van der Waals surface area contributed by atoms with E-state index in [9.17, 15) is 9.59 Å². The van der Waals surface area contributed by atoms with Crippen LogP contribution >= 0.6 is 0 Å². The summed E-state index contributed by atoms with van der Waals surface area (Å²) in [5.74, 6) is 0.392. The SMILES string of the molecule is COc1cccc(CN2C(=O)c3cc4ccccc4n3C[C@]2(C)C(=O)NC[C@@H]2CCCO2)c1. The first-order valence-corrected chi connectivity index (χ1v) is 11.4. The molecule has 172 valence electrons. The second-order valence-electron chi connectivity index (χ2n) is 9.04. The molecule has 0 bridgehead atoms. The maximum Gasteiger partial charge on any atom is 0.271 e. The summed E-state index contributed by atoms with van der Waals surface area (Å²) in [6.45, 7) is 3.73. The predicted octanol–water partition coefficient (Wildman–Crippen LogP) is 3.36. The molecule has 7 heteroatoms. The van der Waals surface area contributed by atoms with Crippen molar-refractivity contribution in [1.29, 1.82) is 0 Å². The van der Waals surface area contributed by atoms with Crippen molar-refractivity contribution in [2.24, 2.45) is 0 Å². The average molecular weight is 448 g/mol. The Kier molecular flexibility index (Phi) is 5.58. The summed E-state index contributed by atoms with van der Waals surface area (Å²) in [5, 5.41) is 4.06. The molecule has 0 saturated carbocycles. The Morgan fingerprint density at radius 2 is 2.06 bits per heavy atom. The van der Waals surface area contributed by atoms with E-state index in [4.69, 9.17) is 9.47 Å². The first kappa shape index (κ1) is 21.5. The number of amides is 2. The lowest BCUT2D eigenvalue weighted by Gasteiger charge is -2.44. The second kappa shape index (κ2) is 8.56. The zero-order valence-electron chi connectivity index (χ0n) is 19.0. The number of para-hydroxylation sites is 1. The number of ether oxygens (including phenoxy) is 2. The zero-order valence-corrected chi connectivity index (χ0v) is 19.0. The summed E-state index contributed by atoms with van der Waals surface area (Å²) < 4.78 is 13.0. The Hall–Kier alpha value is -3.32. The number of aromatic nitrogens is 1. The molecular weight excluding hydrogens is 418 g/mol. The van der Waals surface area contributed by atoms with Crippen molar-refractivity contribution in [3.8, 4) is 5.75 Å². The van der Waals surface area contributed by atoms with Crippen LogP contribution in [-0.4, -0.2) is 53.2 Å². The molecule has 3 heterocycles. The van der Waals surface area contributed by atoms with E-state index in [0.29, 0.717) is 25.3 Å². The quantitative estimate of drug-likeness (QED) is 0.629. The molecular formula is C26H29N3O4. The number of carbonyl (C=O) groups is 2. The number of methoxy groups -OCH3 is 1. The molecule has 1 N–H and O–H groups in total. The topological polar surface area (TPSA) is 72.8 Å². The summed E-state index contributed by atoms with van der Waals surface area (Å²) in [6.07, 6.45) is 1.99. The number of nitrogens with one attached hydrogen (secondary N) is 1. The first-order chi connectivity index (χ1) is 16.0. The van der Waals surface area contributed by atoms with E-state index >= 15 is 0 Å². The normalized spacial score (nSPS) is 22.4. The Bertz CT molecular complexity index is 1200. The highest BCUT2D eigenvalue weighted by Gasteiger charge is 2.47. The maximum atomic E-state index is 13.8. The number of hydrogen-bond donors (Lipinski definition) is 1. The lowest BCUT2D eigenvalue weighted by atomic mass is 9.93. The van der Waals surface area contributed by atoms with Gasteiger partial charge < -0.3 is 24.3 Å². The largest absolute Gasteiger partial charge is 0.497 e. The van der Waals surface area contributed by atoms with Crippen molar-refractivity contribution in [2.75, 3.05) is 20.3 Å². The Morgan fingerprint density at radius 3 is 2.85 bits per heavy atom. The highest BCUT2D eigenvalue weighted by atomic mass is 16.5. The third-order valence-corrected chi connectivity index (χ3v) is 6.81. The molecule has 2 aromatic carbocycles. The summed E-state index contributed by atoms with van der Waals surface area (Å²) in [5.41, 5.74) is 1.40. The molecule has 0 spiro atoms. The fourth-order valence-electron chi connectivity index (χ4n) is 4.91. The third kappa shape index (κ3) is 3.86. The van der Waals surface area contributed by atoms with Gasteiger partial charge in [0, 0.05) is 30.6 Å². The second-order valence-corrected chi connectivity index (χ2v) is 9.04. The summed E-state index contributed by atoms with van der Waals surface area (Å²) in [4.78, 5) is 29.1. The van der Waals surface area contributed by atoms with Gasteiger partial charge in [-0.3, -0.25) is 9.59 Å². The molecule has 2 aliphatic rings. The first-order valence-electron chi connectivity index (χ1n) is 11.4. The number of fused-ring (bicyclic) bond motifs is 3. The summed E-state index contributed by atoms with van der Waals surface area (Å²) in [7, 11) is 1.62. The monoisotopic (exact) mass is 447 g/mol. The van der Waals surface area contributed by atoms with Gasteiger partial charge in [-0.05, 0) is 49.6 Å². The van der Waals surface area contributed by atoms with Crippen LogP contribution in [0.25, 0.3) is 10.9 Å². The van der Waals surface area contributed by atoms with Crippen LogP contribution in [0.15, 0.2) is 54.6 Å². The van der Waals surface area contributed by atoms with Crippen molar-refractivity contribution in [1.82, 2.24) is 14.8 Å². The van der Waals surface area contributed by atoms with Crippen LogP contribution in [-0.2, 0) is 22.6 Å². The number of carbonyl (C=O) groups excluding carboxylic acids is 2. The molecule has 0 radical (unpaired) electrons. The van der Waals surface area contributed by atoms with Gasteiger partial charge in [0.05, 0.1) is 19.8 Å². The van der Waals surface area contributed by atoms with Crippen LogP contribution in [0.4, 0.5) is 0 Å². The Labute approximate surface area is 193 Å². The molecule has 0 unspecified atom stereocenters. The van der Waals surface area contributed by atoms with Gasteiger partial charge in [-0.15, -0.1) is 0 Å². The predicted molar refractivity (Wildman–Crippen MR) is 125 cm³/mol. The van der Waals surface area contributed by atoms with Crippen LogP contribution in [0.1, 0.15) is 35.8 Å². The number of nitrogens with zero attached hydrogens (tertiary/aromatic N) is 2. The molecule has 1 aromatic heterocycles. The highest BCUT2D eigenvalue weighted by Crippen LogP contribution is 2.34. The van der Waals surface area contributed by atoms with E-state index in [1.54, 1.807) is 12.0 Å². The van der Waals surface area contributed by atoms with E-state index in [2.05, 4.69) is 5.32 Å². The van der Waals surface area contributed by atoms with Crippen molar-refractivity contribution in [3.05, 3.63) is 65.9 Å². The average Bonchev–Trinajstić information content (AvgIpc) is 3.48. The van der Waals surface area contributed by atoms with Gasteiger partial charge in [0.15, 0.2) is 0 Å². The highest BCUT2D eigenvalue weighted by molar-refractivity contribution is 6.03. The molecule has 2 aliphatic heterocycles. The molecule has 33 heavy (non-hydrogen) atoms. The third-order valence-electron chi connectivity index (χ3n) is 6.81. The molecule has 7 nitrogen and oxygen atoms in total. The van der Waals surface area contributed by atoms with Crippen LogP contribution in [0, 0.1) is 0 Å². The molecule has 1 fully saturated rings. The minimum atomic E-state index is -1.06. The van der Waals surface area contributed by atoms with Gasteiger partial charge in [-0.25, -0.2) is 0 Å². The number of hydrogen-bond acceptors (Lipinski definition) is 4. The molecule has 2 atom stereocenters. The van der Waals surface area contributed by atoms with Gasteiger partial charge in [-0.2, -0.15) is 0 Å². The molecule has 2 amide bonds. The van der Waals surface area contributed by atoms with Crippen LogP contribution in [0.2, 0.25) is 0 Å². The van der Waals surface area contributed by atoms with Crippen LogP contribution in [0.3, 0.4) is 0 Å². The molecule has 1 saturated heterocycles. The summed E-state index contributed by atoms with van der Waals surface area (Å²) >= 11 is 0. The molecule has 3 aromatic rings. The summed E-state index contributed by atoms with van der Waals surface area (Å²) in [6, 6.07) is 17.4. The lowest BCUT2D eigenvalue weighted by Crippen LogP contribution is -2.64. The maximum absolute atomic E-state index is 13.8. The smallest absolute Gasteiger partial charge is 0.271 e. The van der Waals surface area contributed by atoms with E-state index in [0.717, 1.165) is 41.7 Å². The zero-order chi connectivity index (χ0) is 23.0. The number of rotatable bonds is 6. The minimum Gasteiger partial charge on any atom is -0.497 e. The minimum absolute atomic E-state index is 0.0339. The van der Waals surface area contributed by atoms with Crippen molar-refractivity contribution >= 4 is 22.7 Å². The van der Waals surface area contributed by atoms with Crippen LogP contribution < -0.4 is 10.1 Å². The Morgan fingerprint density at radius 1 is 1.21 bits per heavy atom. The fourth-order valence-corrected chi connectivity index (χ4v) is 4.91. The molecule has 5 rings (SSSR count). The van der Waals surface area contributed by atoms with Crippen LogP contribution in [0.5, 0.6) is 5.75 Å². The van der Waals surface area contributed by atoms with E-state index in [-0.39, 0.29) is 17.9 Å². The standard InChI is InChI=1S/C26H29N3O4/c1-26(25(31)27-15-21-10-6-12-33-21)17-28-22-11-4-3-8-19(22)14-23(28)24(30)29(26)16-18-7-5-9-20(13-18)32-2/h3-5,7-9,11,13-14,21H,6,10,12,15-17H2,1-2H3,(H,27,31)/t21-,26+/m0/s1. The fraction of sp³-hybridized carbons (Fsp3) is 0.385. The van der Waals surface area contributed by atoms with Gasteiger partial charge in [0.2, 0.25) is 5.91 Å². The van der Waals surface area contributed by atoms with Gasteiger partial charge in [0.1, 0.15) is 17.0 Å². The van der Waals surface area contributed by atoms with E-state index in [1.807, 2.05) is 66.1 Å². The number of benzene rings is 2. The van der Waals surface area contributed by atoms with Crippen molar-refractivity contribution < 1.29 is 19.1 Å². The lowest BCUT2D eigenvalue weighted by molar-refractivity contribution is -0.133. The Balaban J connectivity index is 1.52. The van der Waals surface area contributed by atoms with Crippen molar-refractivity contribution in [3.63, 3.8) is 0 Å². The van der Waals surface area contributed by atoms with Gasteiger partial charge in [0.25, 0.3) is 5.91 Å². The van der Waals surface area contributed by atoms with E-state index in [1.165, 1.54) is 0 Å². The van der Waals surface area contributed by atoms with E-state index < -0.39 is 5.54 Å².